The molecule has 2 rings (SSSR count). The topological polar surface area (TPSA) is 100 Å². The summed E-state index contributed by atoms with van der Waals surface area (Å²) in [4.78, 5) is 37.5. The molecule has 2 amide bonds. The standard InChI is InChI=1S/C16H17N3O4/c1-3-14(20)19-12-8-10(4-5-13(12)23-2)16(22)18-11-6-7-17-15(21)9-11/h4-9H,3H2,1-2H3,(H,19,20)(H2,17,18,21,22). The Morgan fingerprint density at radius 2 is 1.96 bits per heavy atom. The van der Waals surface area contributed by atoms with Gasteiger partial charge in [-0.2, -0.15) is 0 Å². The normalized spacial score (nSPS) is 10.0. The molecule has 0 aliphatic rings. The highest BCUT2D eigenvalue weighted by atomic mass is 16.5. The number of carbonyl (C=O) groups excluding carboxylic acids is 2. The fourth-order valence-corrected chi connectivity index (χ4v) is 1.91. The van der Waals surface area contributed by atoms with Crippen molar-refractivity contribution in [1.82, 2.24) is 4.98 Å². The minimum Gasteiger partial charge on any atom is -0.495 e. The van der Waals surface area contributed by atoms with Gasteiger partial charge in [-0.25, -0.2) is 0 Å². The third kappa shape index (κ3) is 4.19. The van der Waals surface area contributed by atoms with Crippen LogP contribution in [0.5, 0.6) is 5.75 Å². The Morgan fingerprint density at radius 1 is 1.17 bits per heavy atom. The Balaban J connectivity index is 2.24. The molecule has 0 saturated heterocycles. The Labute approximate surface area is 132 Å². The summed E-state index contributed by atoms with van der Waals surface area (Å²) in [6.07, 6.45) is 1.76. The van der Waals surface area contributed by atoms with Gasteiger partial charge in [-0.15, -0.1) is 0 Å². The molecule has 1 heterocycles. The van der Waals surface area contributed by atoms with Crippen molar-refractivity contribution in [1.29, 1.82) is 0 Å². The molecule has 0 spiro atoms. The van der Waals surface area contributed by atoms with E-state index < -0.39 is 5.91 Å². The van der Waals surface area contributed by atoms with Crippen LogP contribution in [0.1, 0.15) is 23.7 Å². The van der Waals surface area contributed by atoms with E-state index in [1.807, 2.05) is 0 Å². The van der Waals surface area contributed by atoms with Gasteiger partial charge in [0.25, 0.3) is 5.91 Å². The number of carbonyl (C=O) groups is 2. The number of ether oxygens (including phenoxy) is 1. The number of amides is 2. The molecular weight excluding hydrogens is 298 g/mol. The van der Waals surface area contributed by atoms with Gasteiger partial charge in [0, 0.05) is 29.9 Å². The van der Waals surface area contributed by atoms with Gasteiger partial charge in [0.15, 0.2) is 0 Å². The Bertz CT molecular complexity index is 783. The molecule has 1 aromatic heterocycles. The molecule has 3 N–H and O–H groups in total. The third-order valence-corrected chi connectivity index (χ3v) is 3.09. The zero-order valence-electron chi connectivity index (χ0n) is 12.8. The number of hydrogen-bond donors (Lipinski definition) is 3. The highest BCUT2D eigenvalue weighted by Crippen LogP contribution is 2.26. The van der Waals surface area contributed by atoms with Crippen LogP contribution < -0.4 is 20.9 Å². The summed E-state index contributed by atoms with van der Waals surface area (Å²) < 4.78 is 5.17. The molecule has 120 valence electrons. The van der Waals surface area contributed by atoms with Crippen molar-refractivity contribution < 1.29 is 14.3 Å². The summed E-state index contributed by atoms with van der Waals surface area (Å²) >= 11 is 0. The van der Waals surface area contributed by atoms with Crippen LogP contribution in [-0.2, 0) is 4.79 Å². The number of hydrogen-bond acceptors (Lipinski definition) is 4. The van der Waals surface area contributed by atoms with Crippen molar-refractivity contribution in [2.75, 3.05) is 17.7 Å². The number of anilines is 2. The molecule has 0 aliphatic heterocycles. The summed E-state index contributed by atoms with van der Waals surface area (Å²) in [7, 11) is 1.48. The smallest absolute Gasteiger partial charge is 0.255 e. The van der Waals surface area contributed by atoms with Gasteiger partial charge in [0.05, 0.1) is 12.8 Å². The zero-order valence-corrected chi connectivity index (χ0v) is 12.8. The van der Waals surface area contributed by atoms with Gasteiger partial charge in [-0.05, 0) is 24.3 Å². The van der Waals surface area contributed by atoms with Crippen molar-refractivity contribution in [2.45, 2.75) is 13.3 Å². The van der Waals surface area contributed by atoms with Crippen molar-refractivity contribution in [3.05, 3.63) is 52.4 Å². The maximum atomic E-state index is 12.3. The maximum Gasteiger partial charge on any atom is 0.255 e. The highest BCUT2D eigenvalue weighted by Gasteiger charge is 2.12. The lowest BCUT2D eigenvalue weighted by Gasteiger charge is -2.12. The largest absolute Gasteiger partial charge is 0.495 e. The molecular formula is C16H17N3O4. The first-order valence-corrected chi connectivity index (χ1v) is 7.01. The van der Waals surface area contributed by atoms with E-state index in [2.05, 4.69) is 15.6 Å². The second-order valence-electron chi connectivity index (χ2n) is 4.71. The van der Waals surface area contributed by atoms with Gasteiger partial charge in [-0.3, -0.25) is 14.4 Å². The average Bonchev–Trinajstić information content (AvgIpc) is 2.54. The number of benzene rings is 1. The Morgan fingerprint density at radius 3 is 2.61 bits per heavy atom. The molecule has 0 radical (unpaired) electrons. The zero-order chi connectivity index (χ0) is 16.8. The Hall–Kier alpha value is -3.09. The van der Waals surface area contributed by atoms with Crippen LogP contribution in [0.15, 0.2) is 41.3 Å². The van der Waals surface area contributed by atoms with Gasteiger partial charge in [0.1, 0.15) is 5.75 Å². The van der Waals surface area contributed by atoms with Gasteiger partial charge < -0.3 is 20.4 Å². The van der Waals surface area contributed by atoms with E-state index in [4.69, 9.17) is 4.74 Å². The molecule has 7 heteroatoms. The number of rotatable bonds is 5. The molecule has 0 fully saturated rings. The SMILES string of the molecule is CCC(=O)Nc1cc(C(=O)Nc2cc[nH]c(=O)c2)ccc1OC. The predicted octanol–water partition coefficient (Wildman–Crippen LogP) is 1.98. The van der Waals surface area contributed by atoms with Gasteiger partial charge in [-0.1, -0.05) is 6.92 Å². The first kappa shape index (κ1) is 16.3. The van der Waals surface area contributed by atoms with E-state index in [0.717, 1.165) is 0 Å². The number of aromatic nitrogens is 1. The van der Waals surface area contributed by atoms with Crippen molar-refractivity contribution in [3.8, 4) is 5.75 Å². The van der Waals surface area contributed by atoms with E-state index in [1.54, 1.807) is 25.1 Å². The highest BCUT2D eigenvalue weighted by molar-refractivity contribution is 6.05. The number of pyridine rings is 1. The fourth-order valence-electron chi connectivity index (χ4n) is 1.91. The first-order chi connectivity index (χ1) is 11.0. The summed E-state index contributed by atoms with van der Waals surface area (Å²) in [6.45, 7) is 1.73. The van der Waals surface area contributed by atoms with Crippen LogP contribution in [0.25, 0.3) is 0 Å². The van der Waals surface area contributed by atoms with E-state index in [1.165, 1.54) is 25.4 Å². The molecule has 7 nitrogen and oxygen atoms in total. The van der Waals surface area contributed by atoms with Gasteiger partial charge >= 0.3 is 0 Å². The lowest BCUT2D eigenvalue weighted by atomic mass is 10.1. The fraction of sp³-hybridized carbons (Fsp3) is 0.188. The molecule has 2 aromatic rings. The second-order valence-corrected chi connectivity index (χ2v) is 4.71. The average molecular weight is 315 g/mol. The lowest BCUT2D eigenvalue weighted by Crippen LogP contribution is -2.16. The lowest BCUT2D eigenvalue weighted by molar-refractivity contribution is -0.115. The van der Waals surface area contributed by atoms with Crippen molar-refractivity contribution in [3.63, 3.8) is 0 Å². The molecule has 0 unspecified atom stereocenters. The molecule has 0 atom stereocenters. The number of methoxy groups -OCH3 is 1. The summed E-state index contributed by atoms with van der Waals surface area (Å²) in [5.41, 5.74) is 0.817. The quantitative estimate of drug-likeness (QED) is 0.785. The first-order valence-electron chi connectivity index (χ1n) is 7.01. The van der Waals surface area contributed by atoms with Gasteiger partial charge in [0.2, 0.25) is 11.5 Å². The van der Waals surface area contributed by atoms with Crippen molar-refractivity contribution >= 4 is 23.2 Å². The van der Waals surface area contributed by atoms with Crippen LogP contribution in [-0.4, -0.2) is 23.9 Å². The van der Waals surface area contributed by atoms with Crippen LogP contribution >= 0.6 is 0 Å². The predicted molar refractivity (Wildman–Crippen MR) is 86.9 cm³/mol. The monoisotopic (exact) mass is 315 g/mol. The second kappa shape index (κ2) is 7.26. The molecule has 23 heavy (non-hydrogen) atoms. The van der Waals surface area contributed by atoms with Crippen LogP contribution in [0, 0.1) is 0 Å². The summed E-state index contributed by atoms with van der Waals surface area (Å²) in [5.74, 6) is -0.125. The summed E-state index contributed by atoms with van der Waals surface area (Å²) in [5, 5.41) is 5.30. The van der Waals surface area contributed by atoms with Crippen molar-refractivity contribution in [2.24, 2.45) is 0 Å². The minimum absolute atomic E-state index is 0.185. The van der Waals surface area contributed by atoms with E-state index in [-0.39, 0.29) is 11.5 Å². The van der Waals surface area contributed by atoms with E-state index in [0.29, 0.717) is 29.1 Å². The maximum absolute atomic E-state index is 12.3. The molecule has 0 aliphatic carbocycles. The third-order valence-electron chi connectivity index (χ3n) is 3.09. The van der Waals surface area contributed by atoms with Crippen LogP contribution in [0.2, 0.25) is 0 Å². The summed E-state index contributed by atoms with van der Waals surface area (Å²) in [6, 6.07) is 7.54. The number of H-pyrrole nitrogens is 1. The molecule has 1 aromatic carbocycles. The van der Waals surface area contributed by atoms with Crippen LogP contribution in [0.3, 0.4) is 0 Å². The minimum atomic E-state index is -0.398. The molecule has 0 saturated carbocycles. The van der Waals surface area contributed by atoms with E-state index in [9.17, 15) is 14.4 Å². The van der Waals surface area contributed by atoms with E-state index >= 15 is 0 Å². The molecule has 0 bridgehead atoms. The number of nitrogens with one attached hydrogen (secondary N) is 3. The Kier molecular flexibility index (Phi) is 5.14. The van der Waals surface area contributed by atoms with Crippen LogP contribution in [0.4, 0.5) is 11.4 Å². The number of aromatic amines is 1.